The van der Waals surface area contributed by atoms with E-state index in [4.69, 9.17) is 23.2 Å². The number of ether oxygens (including phenoxy) is 2. The van der Waals surface area contributed by atoms with Gasteiger partial charge in [-0.15, -0.1) is 0 Å². The molecule has 78 heavy (non-hydrogen) atoms. The van der Waals surface area contributed by atoms with Crippen molar-refractivity contribution in [3.05, 3.63) is 159 Å². The Morgan fingerprint density at radius 3 is 1.50 bits per heavy atom. The lowest BCUT2D eigenvalue weighted by atomic mass is 9.67. The van der Waals surface area contributed by atoms with Gasteiger partial charge in [-0.2, -0.15) is 0 Å². The molecule has 0 spiro atoms. The van der Waals surface area contributed by atoms with Crippen molar-refractivity contribution in [2.75, 3.05) is 0 Å². The number of aliphatic hydroxyl groups is 1. The maximum absolute atomic E-state index is 12.9. The van der Waals surface area contributed by atoms with Gasteiger partial charge in [0, 0.05) is 26.1 Å². The van der Waals surface area contributed by atoms with Crippen LogP contribution in [0.2, 0.25) is 36.3 Å². The highest BCUT2D eigenvalue weighted by atomic mass is 79.9. The molecule has 0 bridgehead atoms. The first-order valence-electron chi connectivity index (χ1n) is 28.4. The lowest BCUT2D eigenvalue weighted by Crippen LogP contribution is -2.47. The summed E-state index contributed by atoms with van der Waals surface area (Å²) in [4.78, 5) is 24.9. The number of halogens is 1. The first-order valence-corrected chi connectivity index (χ1v) is 35.0. The van der Waals surface area contributed by atoms with Crippen molar-refractivity contribution in [2.24, 2.45) is 10.8 Å². The predicted octanol–water partition coefficient (Wildman–Crippen LogP) is 17.1. The second-order valence-electron chi connectivity index (χ2n) is 27.2. The highest BCUT2D eigenvalue weighted by molar-refractivity contribution is 9.10. The van der Waals surface area contributed by atoms with E-state index in [9.17, 15) is 14.7 Å². The van der Waals surface area contributed by atoms with Crippen molar-refractivity contribution in [3.8, 4) is 0 Å². The molecule has 3 aliphatic rings. The molecule has 1 saturated heterocycles. The SMILES string of the molecule is CC(C)(C)[Si](C)(C)O[C@H](Cc1ccc(Br)cc1)C(=O)OCc1ccccc1.CC1(C)CC=C(B2OC(C)(C)C(C)(C)O2)CC1.CC1(C)CC=C(c2ccc(C[C@@H](O)C(=O)OCc3ccccc3)cc2)CC1.C[SiH](C)C(C)(C)C. The van der Waals surface area contributed by atoms with Gasteiger partial charge in [0.05, 0.1) is 11.2 Å². The average molecular weight is 1170 g/mol. The monoisotopic (exact) mass is 1160 g/mol. The molecular formula is C66H98BBrO8Si2. The van der Waals surface area contributed by atoms with E-state index in [1.165, 1.54) is 29.5 Å². The van der Waals surface area contributed by atoms with Crippen LogP contribution in [0.15, 0.2) is 131 Å². The van der Waals surface area contributed by atoms with Crippen molar-refractivity contribution in [1.82, 2.24) is 0 Å². The van der Waals surface area contributed by atoms with Gasteiger partial charge in [-0.05, 0) is 151 Å². The molecule has 0 saturated carbocycles. The van der Waals surface area contributed by atoms with Crippen LogP contribution < -0.4 is 0 Å². The molecule has 0 radical (unpaired) electrons. The van der Waals surface area contributed by atoms with Gasteiger partial charge in [0.25, 0.3) is 0 Å². The topological polar surface area (TPSA) is 101 Å². The van der Waals surface area contributed by atoms with Crippen LogP contribution in [0.3, 0.4) is 0 Å². The second kappa shape index (κ2) is 28.7. The fraction of sp³-hybridized carbons (Fsp3) is 0.545. The van der Waals surface area contributed by atoms with Crippen LogP contribution in [0.5, 0.6) is 0 Å². The van der Waals surface area contributed by atoms with E-state index in [2.05, 4.69) is 163 Å². The third-order valence-electron chi connectivity index (χ3n) is 16.6. The van der Waals surface area contributed by atoms with E-state index < -0.39 is 26.5 Å². The van der Waals surface area contributed by atoms with E-state index in [1.807, 2.05) is 97.1 Å². The number of benzene rings is 4. The molecule has 0 unspecified atom stereocenters. The third-order valence-corrected chi connectivity index (χ3v) is 25.1. The Bertz CT molecular complexity index is 2530. The minimum absolute atomic E-state index is 0.0185. The summed E-state index contributed by atoms with van der Waals surface area (Å²) in [5.74, 6) is -0.883. The zero-order valence-corrected chi connectivity index (χ0v) is 54.9. The summed E-state index contributed by atoms with van der Waals surface area (Å²) in [6, 6.07) is 35.3. The molecule has 1 heterocycles. The standard InChI is InChI=1S/C24H28O3.C22H29BrO3Si.C14H25BO2.C6H16Si/c1-24(2)14-12-21(13-15-24)20-10-8-18(9-11-20)16-22(25)23(26)27-17-19-6-4-3-5-7-19;1-22(2,3)27(4,5)26-20(15-17-11-13-19(23)14-12-17)21(24)25-16-18-9-7-6-8-10-18;1-12(2)9-7-11(8-10-12)15-16-13(3,4)14(5,6)17-15;1-6(2,3)7(4)5/h3-12,22,25H,13-17H2,1-2H3;6-14,20H,15-16H2,1-5H3;7H,8-10H2,1-6H3;7H,1-5H3/t22-;20-;;/m11../s1. The zero-order chi connectivity index (χ0) is 58.3. The van der Waals surface area contributed by atoms with Crippen molar-refractivity contribution in [1.29, 1.82) is 0 Å². The van der Waals surface area contributed by atoms with E-state index >= 15 is 0 Å². The quantitative estimate of drug-likeness (QED) is 0.0984. The number of allylic oxidation sites excluding steroid dienone is 4. The molecule has 2 aliphatic carbocycles. The summed E-state index contributed by atoms with van der Waals surface area (Å²) in [5, 5.41) is 10.8. The van der Waals surface area contributed by atoms with E-state index in [1.54, 1.807) is 0 Å². The van der Waals surface area contributed by atoms with Crippen molar-refractivity contribution in [3.63, 3.8) is 0 Å². The number of carbonyl (C=O) groups excluding carboxylic acids is 2. The molecule has 8 nitrogen and oxygen atoms in total. The molecule has 0 amide bonds. The minimum Gasteiger partial charge on any atom is -0.459 e. The van der Waals surface area contributed by atoms with Gasteiger partial charge in [-0.3, -0.25) is 0 Å². The first kappa shape index (κ1) is 66.6. The molecule has 4 aromatic carbocycles. The molecule has 7 rings (SSSR count). The van der Waals surface area contributed by atoms with Crippen molar-refractivity contribution in [2.45, 2.75) is 221 Å². The third kappa shape index (κ3) is 21.9. The van der Waals surface area contributed by atoms with Crippen LogP contribution in [0.1, 0.15) is 163 Å². The number of hydrogen-bond acceptors (Lipinski definition) is 8. The number of aliphatic hydroxyl groups excluding tert-OH is 1. The fourth-order valence-electron chi connectivity index (χ4n) is 7.99. The van der Waals surface area contributed by atoms with Crippen LogP contribution in [0, 0.1) is 10.8 Å². The largest absolute Gasteiger partial charge is 0.490 e. The van der Waals surface area contributed by atoms with Gasteiger partial charge in [0.2, 0.25) is 0 Å². The molecule has 4 aromatic rings. The molecule has 1 aliphatic heterocycles. The highest BCUT2D eigenvalue weighted by Crippen LogP contribution is 2.43. The lowest BCUT2D eigenvalue weighted by Gasteiger charge is -2.38. The number of hydrogen-bond donors (Lipinski definition) is 1. The number of carbonyl (C=O) groups is 2. The Kier molecular flexibility index (Phi) is 24.5. The Morgan fingerprint density at radius 1 is 0.641 bits per heavy atom. The summed E-state index contributed by atoms with van der Waals surface area (Å²) in [6.07, 6.45) is 10.6. The molecule has 428 valence electrons. The Balaban J connectivity index is 0.000000243. The highest BCUT2D eigenvalue weighted by Gasteiger charge is 2.52. The maximum Gasteiger partial charge on any atom is 0.490 e. The Labute approximate surface area is 483 Å². The molecule has 0 aromatic heterocycles. The van der Waals surface area contributed by atoms with Crippen LogP contribution >= 0.6 is 15.9 Å². The summed E-state index contributed by atoms with van der Waals surface area (Å²) in [6.45, 7) is 40.7. The van der Waals surface area contributed by atoms with Gasteiger partial charge in [0.1, 0.15) is 19.3 Å². The van der Waals surface area contributed by atoms with E-state index in [0.29, 0.717) is 22.3 Å². The lowest BCUT2D eigenvalue weighted by molar-refractivity contribution is -0.155. The van der Waals surface area contributed by atoms with Gasteiger partial charge < -0.3 is 28.3 Å². The Hall–Kier alpha value is -3.88. The molecule has 12 heteroatoms. The van der Waals surface area contributed by atoms with Gasteiger partial charge in [-0.25, -0.2) is 9.59 Å². The fourth-order valence-corrected chi connectivity index (χ4v) is 9.50. The summed E-state index contributed by atoms with van der Waals surface area (Å²) in [7, 11) is -2.60. The van der Waals surface area contributed by atoms with Crippen LogP contribution in [-0.2, 0) is 58.9 Å². The summed E-state index contributed by atoms with van der Waals surface area (Å²) in [5.41, 5.74) is 8.23. The number of rotatable bonds is 14. The smallest absolute Gasteiger partial charge is 0.459 e. The van der Waals surface area contributed by atoms with E-state index in [0.717, 1.165) is 52.4 Å². The zero-order valence-electron chi connectivity index (χ0n) is 51.1. The normalized spacial score (nSPS) is 18.2. The molecule has 1 N–H and O–H groups in total. The summed E-state index contributed by atoms with van der Waals surface area (Å²) >= 11 is 3.45. The van der Waals surface area contributed by atoms with Gasteiger partial charge >= 0.3 is 19.1 Å². The van der Waals surface area contributed by atoms with Crippen molar-refractivity contribution >= 4 is 57.7 Å². The minimum atomic E-state index is -2.11. The Morgan fingerprint density at radius 2 is 1.08 bits per heavy atom. The average Bonchev–Trinajstić information content (AvgIpc) is 3.60. The summed E-state index contributed by atoms with van der Waals surface area (Å²) < 4.78 is 30.4. The van der Waals surface area contributed by atoms with Gasteiger partial charge in [-0.1, -0.05) is 207 Å². The number of esters is 2. The second-order valence-corrected chi connectivity index (χ2v) is 36.9. The molecule has 1 fully saturated rings. The van der Waals surface area contributed by atoms with Crippen LogP contribution in [0.25, 0.3) is 5.57 Å². The molecular weight excluding hydrogens is 1070 g/mol. The van der Waals surface area contributed by atoms with Crippen LogP contribution in [0.4, 0.5) is 0 Å². The first-order chi connectivity index (χ1) is 36.1. The van der Waals surface area contributed by atoms with E-state index in [-0.39, 0.29) is 57.8 Å². The molecule has 2 atom stereocenters. The van der Waals surface area contributed by atoms with Gasteiger partial charge in [0.15, 0.2) is 14.4 Å². The van der Waals surface area contributed by atoms with Crippen molar-refractivity contribution < 1.29 is 37.9 Å². The predicted molar refractivity (Wildman–Crippen MR) is 335 cm³/mol. The van der Waals surface area contributed by atoms with Crippen LogP contribution in [-0.4, -0.2) is 64.7 Å². The maximum atomic E-state index is 12.9.